The molecule has 2 aromatic rings. The molecule has 160 valence electrons. The first-order valence-corrected chi connectivity index (χ1v) is 10.7. The van der Waals surface area contributed by atoms with Gasteiger partial charge in [-0.2, -0.15) is 5.10 Å². The SMILES string of the molecule is Cc1cc(NC(=O)C(C)(C)C)sc1C(=O)Nc1cc(C(C)(C)C)nn1C(C)(C)C. The van der Waals surface area contributed by atoms with Gasteiger partial charge in [-0.25, -0.2) is 4.68 Å². The number of hydrogen-bond donors (Lipinski definition) is 2. The fourth-order valence-corrected chi connectivity index (χ4v) is 3.55. The Morgan fingerprint density at radius 2 is 1.55 bits per heavy atom. The summed E-state index contributed by atoms with van der Waals surface area (Å²) in [5, 5.41) is 11.3. The standard InChI is InChI=1S/C22H34N4O2S/c1-13-11-16(24-19(28)21(5,6)7)29-17(13)18(27)23-15-12-14(20(2,3)4)25-26(15)22(8,9)10/h11-12H,1-10H3,(H,23,27)(H,24,28). The van der Waals surface area contributed by atoms with Crippen LogP contribution in [0.4, 0.5) is 10.8 Å². The Morgan fingerprint density at radius 3 is 2.03 bits per heavy atom. The van der Waals surface area contributed by atoms with Gasteiger partial charge < -0.3 is 10.6 Å². The van der Waals surface area contributed by atoms with Crippen LogP contribution >= 0.6 is 11.3 Å². The van der Waals surface area contributed by atoms with Crippen LogP contribution in [-0.4, -0.2) is 21.6 Å². The van der Waals surface area contributed by atoms with E-state index in [0.717, 1.165) is 11.3 Å². The zero-order chi connectivity index (χ0) is 22.4. The van der Waals surface area contributed by atoms with Gasteiger partial charge in [0.25, 0.3) is 5.91 Å². The quantitative estimate of drug-likeness (QED) is 0.687. The lowest BCUT2D eigenvalue weighted by Gasteiger charge is -2.23. The molecule has 0 saturated carbocycles. The van der Waals surface area contributed by atoms with E-state index in [1.165, 1.54) is 11.3 Å². The van der Waals surface area contributed by atoms with Crippen LogP contribution in [0, 0.1) is 12.3 Å². The average Bonchev–Trinajstić information content (AvgIpc) is 3.09. The second-order valence-electron chi connectivity index (χ2n) is 10.5. The molecule has 2 aromatic heterocycles. The Morgan fingerprint density at radius 1 is 0.966 bits per heavy atom. The first kappa shape index (κ1) is 23.1. The van der Waals surface area contributed by atoms with E-state index in [9.17, 15) is 9.59 Å². The molecule has 29 heavy (non-hydrogen) atoms. The van der Waals surface area contributed by atoms with Crippen molar-refractivity contribution in [2.45, 2.75) is 80.2 Å². The largest absolute Gasteiger partial charge is 0.317 e. The van der Waals surface area contributed by atoms with E-state index < -0.39 is 5.41 Å². The maximum atomic E-state index is 13.0. The Balaban J connectivity index is 2.31. The number of aromatic nitrogens is 2. The normalized spacial score (nSPS) is 12.8. The molecule has 2 rings (SSSR count). The molecule has 0 spiro atoms. The minimum atomic E-state index is -0.497. The molecule has 0 saturated heterocycles. The number of carbonyl (C=O) groups is 2. The minimum absolute atomic E-state index is 0.0775. The summed E-state index contributed by atoms with van der Waals surface area (Å²) in [6, 6.07) is 3.78. The third-order valence-electron chi connectivity index (χ3n) is 4.40. The lowest BCUT2D eigenvalue weighted by Crippen LogP contribution is -2.27. The van der Waals surface area contributed by atoms with Crippen LogP contribution in [0.2, 0.25) is 0 Å². The Kier molecular flexibility index (Phi) is 6.06. The highest BCUT2D eigenvalue weighted by Gasteiger charge is 2.27. The Labute approximate surface area is 178 Å². The molecular weight excluding hydrogens is 384 g/mol. The summed E-state index contributed by atoms with van der Waals surface area (Å²) in [7, 11) is 0. The number of anilines is 2. The third-order valence-corrected chi connectivity index (χ3v) is 5.55. The number of nitrogens with one attached hydrogen (secondary N) is 2. The number of nitrogens with zero attached hydrogens (tertiary/aromatic N) is 2. The zero-order valence-corrected chi connectivity index (χ0v) is 20.1. The molecule has 6 nitrogen and oxygen atoms in total. The molecule has 0 aromatic carbocycles. The summed E-state index contributed by atoms with van der Waals surface area (Å²) >= 11 is 1.28. The Bertz CT molecular complexity index is 918. The number of amides is 2. The maximum absolute atomic E-state index is 13.0. The van der Waals surface area contributed by atoms with E-state index in [1.807, 2.05) is 44.5 Å². The number of thiophene rings is 1. The van der Waals surface area contributed by atoms with Crippen LogP contribution in [0.25, 0.3) is 0 Å². The first-order chi connectivity index (χ1) is 13.0. The molecule has 0 radical (unpaired) electrons. The topological polar surface area (TPSA) is 76.0 Å². The van der Waals surface area contributed by atoms with Crippen molar-refractivity contribution >= 4 is 34.0 Å². The van der Waals surface area contributed by atoms with Gasteiger partial charge in [0, 0.05) is 16.9 Å². The summed E-state index contributed by atoms with van der Waals surface area (Å²) in [6.45, 7) is 19.9. The molecule has 0 unspecified atom stereocenters. The van der Waals surface area contributed by atoms with Gasteiger partial charge in [-0.3, -0.25) is 9.59 Å². The van der Waals surface area contributed by atoms with E-state index in [2.05, 4.69) is 52.2 Å². The molecule has 0 fully saturated rings. The first-order valence-electron chi connectivity index (χ1n) is 9.84. The average molecular weight is 419 g/mol. The van der Waals surface area contributed by atoms with Gasteiger partial charge in [0.2, 0.25) is 5.91 Å². The van der Waals surface area contributed by atoms with Crippen LogP contribution in [0.15, 0.2) is 12.1 Å². The van der Waals surface area contributed by atoms with Crippen LogP contribution in [-0.2, 0) is 15.7 Å². The molecule has 0 aliphatic rings. The summed E-state index contributed by atoms with van der Waals surface area (Å²) in [5.74, 6) is 0.390. The van der Waals surface area contributed by atoms with Gasteiger partial charge >= 0.3 is 0 Å². The van der Waals surface area contributed by atoms with Gasteiger partial charge in [-0.15, -0.1) is 11.3 Å². The van der Waals surface area contributed by atoms with Gasteiger partial charge in [0.15, 0.2) is 0 Å². The van der Waals surface area contributed by atoms with E-state index in [1.54, 1.807) is 0 Å². The molecular formula is C22H34N4O2S. The summed E-state index contributed by atoms with van der Waals surface area (Å²) < 4.78 is 1.86. The van der Waals surface area contributed by atoms with Gasteiger partial charge in [0.05, 0.1) is 21.1 Å². The molecule has 2 N–H and O–H groups in total. The van der Waals surface area contributed by atoms with Crippen molar-refractivity contribution in [3.8, 4) is 0 Å². The molecule has 2 amide bonds. The third kappa shape index (κ3) is 5.47. The monoisotopic (exact) mass is 418 g/mol. The predicted molar refractivity (Wildman–Crippen MR) is 121 cm³/mol. The second kappa shape index (κ2) is 7.59. The fourth-order valence-electron chi connectivity index (χ4n) is 2.59. The van der Waals surface area contributed by atoms with Gasteiger partial charge in [-0.1, -0.05) is 41.5 Å². The maximum Gasteiger partial charge on any atom is 0.267 e. The highest BCUT2D eigenvalue weighted by molar-refractivity contribution is 7.18. The predicted octanol–water partition coefficient (Wildman–Crippen LogP) is 5.54. The smallest absolute Gasteiger partial charge is 0.267 e. The highest BCUT2D eigenvalue weighted by atomic mass is 32.1. The van der Waals surface area contributed by atoms with E-state index in [-0.39, 0.29) is 22.8 Å². The molecule has 0 aliphatic carbocycles. The van der Waals surface area contributed by atoms with Crippen molar-refractivity contribution in [2.24, 2.45) is 5.41 Å². The molecule has 0 atom stereocenters. The van der Waals surface area contributed by atoms with Crippen molar-refractivity contribution in [3.63, 3.8) is 0 Å². The zero-order valence-electron chi connectivity index (χ0n) is 19.3. The number of rotatable bonds is 3. The summed E-state index contributed by atoms with van der Waals surface area (Å²) in [6.07, 6.45) is 0. The molecule has 0 bridgehead atoms. The number of aryl methyl sites for hydroxylation is 1. The van der Waals surface area contributed by atoms with Crippen molar-refractivity contribution in [2.75, 3.05) is 10.6 Å². The molecule has 0 aliphatic heterocycles. The van der Waals surface area contributed by atoms with E-state index >= 15 is 0 Å². The van der Waals surface area contributed by atoms with Crippen LogP contribution in [0.5, 0.6) is 0 Å². The number of carbonyl (C=O) groups excluding carboxylic acids is 2. The minimum Gasteiger partial charge on any atom is -0.317 e. The van der Waals surface area contributed by atoms with Crippen molar-refractivity contribution in [3.05, 3.63) is 28.3 Å². The van der Waals surface area contributed by atoms with Crippen molar-refractivity contribution in [1.29, 1.82) is 0 Å². The van der Waals surface area contributed by atoms with Crippen LogP contribution in [0.3, 0.4) is 0 Å². The summed E-state index contributed by atoms with van der Waals surface area (Å²) in [4.78, 5) is 25.8. The van der Waals surface area contributed by atoms with Crippen molar-refractivity contribution in [1.82, 2.24) is 9.78 Å². The molecule has 2 heterocycles. The van der Waals surface area contributed by atoms with Crippen molar-refractivity contribution < 1.29 is 9.59 Å². The fraction of sp³-hybridized carbons (Fsp3) is 0.591. The second-order valence-corrected chi connectivity index (χ2v) is 11.6. The van der Waals surface area contributed by atoms with Gasteiger partial charge in [0.1, 0.15) is 5.82 Å². The van der Waals surface area contributed by atoms with E-state index in [4.69, 9.17) is 5.10 Å². The highest BCUT2D eigenvalue weighted by Crippen LogP contribution is 2.31. The lowest BCUT2D eigenvalue weighted by molar-refractivity contribution is -0.123. The summed E-state index contributed by atoms with van der Waals surface area (Å²) in [5.41, 5.74) is 0.850. The molecule has 7 heteroatoms. The lowest BCUT2D eigenvalue weighted by atomic mass is 9.92. The van der Waals surface area contributed by atoms with E-state index in [0.29, 0.717) is 15.7 Å². The number of hydrogen-bond acceptors (Lipinski definition) is 4. The van der Waals surface area contributed by atoms with Crippen LogP contribution < -0.4 is 10.6 Å². The van der Waals surface area contributed by atoms with Gasteiger partial charge in [-0.05, 0) is 39.3 Å². The van der Waals surface area contributed by atoms with Crippen LogP contribution in [0.1, 0.15) is 83.2 Å². The Hall–Kier alpha value is -2.15.